The van der Waals surface area contributed by atoms with E-state index in [1.54, 1.807) is 13.0 Å². The highest BCUT2D eigenvalue weighted by Crippen LogP contribution is 2.33. The Morgan fingerprint density at radius 2 is 1.92 bits per heavy atom. The monoisotopic (exact) mass is 389 g/mol. The number of aryl methyl sites for hydroxylation is 1. The van der Waals surface area contributed by atoms with Gasteiger partial charge in [-0.15, -0.1) is 12.4 Å². The van der Waals surface area contributed by atoms with Gasteiger partial charge in [-0.3, -0.25) is 10.1 Å². The molecular formula is C16H24ClN3O4S. The molecule has 1 unspecified atom stereocenters. The van der Waals surface area contributed by atoms with E-state index in [9.17, 15) is 18.5 Å². The Hall–Kier alpha value is -1.22. The zero-order valence-electron chi connectivity index (χ0n) is 14.2. The Labute approximate surface area is 154 Å². The molecule has 140 valence electrons. The summed E-state index contributed by atoms with van der Waals surface area (Å²) in [6.45, 7) is 3.50. The summed E-state index contributed by atoms with van der Waals surface area (Å²) in [6.07, 6.45) is 3.94. The quantitative estimate of drug-likeness (QED) is 0.630. The Morgan fingerprint density at radius 3 is 2.48 bits per heavy atom. The molecule has 1 aromatic rings. The summed E-state index contributed by atoms with van der Waals surface area (Å²) in [6, 6.07) is 4.87. The number of halogens is 1. The molecule has 2 fully saturated rings. The number of nitro groups is 1. The molecule has 7 nitrogen and oxygen atoms in total. The van der Waals surface area contributed by atoms with Gasteiger partial charge in [0.15, 0.2) is 4.90 Å². The van der Waals surface area contributed by atoms with Crippen LogP contribution in [0.4, 0.5) is 5.69 Å². The Balaban J connectivity index is 0.00000225. The standard InChI is InChI=1S/C16H23N3O4S.ClH/c1-12-4-2-6-15(19(20)21)16(12)24(22,23)18-10-7-13(8-11-18)14-5-3-9-17-14;/h2,4,6,13-14,17H,3,5,7-11H2,1H3;1H. The summed E-state index contributed by atoms with van der Waals surface area (Å²) >= 11 is 0. The third kappa shape index (κ3) is 3.97. The molecule has 1 N–H and O–H groups in total. The third-order valence-corrected chi connectivity index (χ3v) is 7.24. The Morgan fingerprint density at radius 1 is 1.24 bits per heavy atom. The molecule has 0 radical (unpaired) electrons. The fourth-order valence-corrected chi connectivity index (χ4v) is 5.71. The van der Waals surface area contributed by atoms with Crippen LogP contribution in [-0.4, -0.2) is 43.3 Å². The van der Waals surface area contributed by atoms with Crippen molar-refractivity contribution in [1.82, 2.24) is 9.62 Å². The van der Waals surface area contributed by atoms with Gasteiger partial charge in [-0.2, -0.15) is 4.31 Å². The molecule has 2 aliphatic rings. The third-order valence-electron chi connectivity index (χ3n) is 5.15. The van der Waals surface area contributed by atoms with E-state index >= 15 is 0 Å². The number of nitro benzene ring substituents is 1. The van der Waals surface area contributed by atoms with Gasteiger partial charge in [-0.1, -0.05) is 12.1 Å². The van der Waals surface area contributed by atoms with E-state index < -0.39 is 14.9 Å². The van der Waals surface area contributed by atoms with Crippen molar-refractivity contribution in [2.24, 2.45) is 5.92 Å². The van der Waals surface area contributed by atoms with Gasteiger partial charge in [-0.05, 0) is 50.6 Å². The maximum Gasteiger partial charge on any atom is 0.289 e. The van der Waals surface area contributed by atoms with Crippen LogP contribution in [0.15, 0.2) is 23.1 Å². The van der Waals surface area contributed by atoms with Crippen LogP contribution in [0.5, 0.6) is 0 Å². The van der Waals surface area contributed by atoms with Crippen molar-refractivity contribution in [3.63, 3.8) is 0 Å². The molecule has 25 heavy (non-hydrogen) atoms. The van der Waals surface area contributed by atoms with E-state index in [-0.39, 0.29) is 23.0 Å². The molecule has 0 aromatic heterocycles. The highest BCUT2D eigenvalue weighted by Gasteiger charge is 2.37. The predicted octanol–water partition coefficient (Wildman–Crippen LogP) is 2.48. The summed E-state index contributed by atoms with van der Waals surface area (Å²) in [4.78, 5) is 10.5. The molecule has 1 atom stereocenters. The molecule has 1 aromatic carbocycles. The zero-order valence-corrected chi connectivity index (χ0v) is 15.8. The van der Waals surface area contributed by atoms with Crippen molar-refractivity contribution in [2.45, 2.75) is 43.5 Å². The lowest BCUT2D eigenvalue weighted by Gasteiger charge is -2.34. The van der Waals surface area contributed by atoms with E-state index in [0.717, 1.165) is 25.8 Å². The van der Waals surface area contributed by atoms with Crippen LogP contribution in [0.2, 0.25) is 0 Å². The van der Waals surface area contributed by atoms with E-state index in [1.807, 2.05) is 0 Å². The normalized spacial score (nSPS) is 22.5. The molecule has 0 bridgehead atoms. The lowest BCUT2D eigenvalue weighted by Crippen LogP contribution is -2.43. The van der Waals surface area contributed by atoms with E-state index in [4.69, 9.17) is 0 Å². The molecule has 0 spiro atoms. The molecule has 2 saturated heterocycles. The molecule has 2 heterocycles. The van der Waals surface area contributed by atoms with Gasteiger partial charge in [0.25, 0.3) is 5.69 Å². The Kier molecular flexibility index (Phi) is 6.42. The fourth-order valence-electron chi connectivity index (χ4n) is 3.88. The number of rotatable bonds is 4. The molecule has 3 rings (SSSR count). The molecule has 0 saturated carbocycles. The summed E-state index contributed by atoms with van der Waals surface area (Å²) in [5, 5.41) is 14.7. The van der Waals surface area contributed by atoms with Crippen LogP contribution in [0.25, 0.3) is 0 Å². The minimum Gasteiger partial charge on any atom is -0.314 e. The Bertz CT molecular complexity index is 727. The number of piperidine rings is 1. The number of hydrogen-bond acceptors (Lipinski definition) is 5. The van der Waals surface area contributed by atoms with Gasteiger partial charge in [0.05, 0.1) is 4.92 Å². The first-order valence-corrected chi connectivity index (χ1v) is 9.83. The van der Waals surface area contributed by atoms with Crippen molar-refractivity contribution in [1.29, 1.82) is 0 Å². The van der Waals surface area contributed by atoms with Crippen LogP contribution in [0.1, 0.15) is 31.2 Å². The van der Waals surface area contributed by atoms with Gasteiger partial charge in [0, 0.05) is 25.2 Å². The minimum atomic E-state index is -3.84. The fraction of sp³-hybridized carbons (Fsp3) is 0.625. The first-order chi connectivity index (χ1) is 11.4. The molecule has 0 aliphatic carbocycles. The lowest BCUT2D eigenvalue weighted by molar-refractivity contribution is -0.387. The van der Waals surface area contributed by atoms with Crippen molar-refractivity contribution in [2.75, 3.05) is 19.6 Å². The summed E-state index contributed by atoms with van der Waals surface area (Å²) in [7, 11) is -3.84. The second-order valence-corrected chi connectivity index (χ2v) is 8.50. The summed E-state index contributed by atoms with van der Waals surface area (Å²) < 4.78 is 27.3. The smallest absolute Gasteiger partial charge is 0.289 e. The average Bonchev–Trinajstić information content (AvgIpc) is 3.09. The first kappa shape index (κ1) is 20.1. The number of hydrogen-bond donors (Lipinski definition) is 1. The van der Waals surface area contributed by atoms with Crippen molar-refractivity contribution in [3.05, 3.63) is 33.9 Å². The van der Waals surface area contributed by atoms with Gasteiger partial charge in [0.1, 0.15) is 0 Å². The van der Waals surface area contributed by atoms with Crippen LogP contribution in [0, 0.1) is 23.0 Å². The second kappa shape index (κ2) is 7.99. The van der Waals surface area contributed by atoms with E-state index in [2.05, 4.69) is 5.32 Å². The predicted molar refractivity (Wildman–Crippen MR) is 97.6 cm³/mol. The van der Waals surface area contributed by atoms with Crippen LogP contribution in [-0.2, 0) is 10.0 Å². The first-order valence-electron chi connectivity index (χ1n) is 8.39. The SMILES string of the molecule is Cc1cccc([N+](=O)[O-])c1S(=O)(=O)N1CCC(C2CCCN2)CC1.Cl. The van der Waals surface area contributed by atoms with Crippen LogP contribution in [0.3, 0.4) is 0 Å². The molecule has 0 amide bonds. The number of nitrogens with zero attached hydrogens (tertiary/aromatic N) is 2. The highest BCUT2D eigenvalue weighted by molar-refractivity contribution is 7.89. The van der Waals surface area contributed by atoms with Gasteiger partial charge in [-0.25, -0.2) is 8.42 Å². The van der Waals surface area contributed by atoms with Crippen molar-refractivity contribution < 1.29 is 13.3 Å². The summed E-state index contributed by atoms with van der Waals surface area (Å²) in [5.74, 6) is 0.491. The summed E-state index contributed by atoms with van der Waals surface area (Å²) in [5.41, 5.74) is 0.0818. The van der Waals surface area contributed by atoms with E-state index in [0.29, 0.717) is 30.6 Å². The van der Waals surface area contributed by atoms with Gasteiger partial charge < -0.3 is 5.32 Å². The largest absolute Gasteiger partial charge is 0.314 e. The lowest BCUT2D eigenvalue weighted by atomic mass is 9.89. The number of sulfonamides is 1. The molecular weight excluding hydrogens is 366 g/mol. The van der Waals surface area contributed by atoms with Gasteiger partial charge >= 0.3 is 0 Å². The van der Waals surface area contributed by atoms with Gasteiger partial charge in [0.2, 0.25) is 10.0 Å². The molecule has 2 aliphatic heterocycles. The van der Waals surface area contributed by atoms with Crippen LogP contribution < -0.4 is 5.32 Å². The maximum absolute atomic E-state index is 13.0. The minimum absolute atomic E-state index is 0. The topological polar surface area (TPSA) is 92.5 Å². The van der Waals surface area contributed by atoms with Crippen molar-refractivity contribution >= 4 is 28.1 Å². The highest BCUT2D eigenvalue weighted by atomic mass is 35.5. The number of nitrogens with one attached hydrogen (secondary N) is 1. The zero-order chi connectivity index (χ0) is 17.3. The number of benzene rings is 1. The van der Waals surface area contributed by atoms with Crippen LogP contribution >= 0.6 is 12.4 Å². The molecule has 9 heteroatoms. The maximum atomic E-state index is 13.0. The van der Waals surface area contributed by atoms with Crippen molar-refractivity contribution in [3.8, 4) is 0 Å². The average molecular weight is 390 g/mol. The second-order valence-electron chi connectivity index (χ2n) is 6.62. The van der Waals surface area contributed by atoms with E-state index in [1.165, 1.54) is 22.9 Å².